The molecule has 0 radical (unpaired) electrons. The molecular formula is C9H14BrFO. The first-order valence-electron chi connectivity index (χ1n) is 4.34. The molecule has 3 heteroatoms. The Morgan fingerprint density at radius 2 is 2.00 bits per heavy atom. The smallest absolute Gasteiger partial charge is 0.219 e. The van der Waals surface area contributed by atoms with Gasteiger partial charge < -0.3 is 4.74 Å². The lowest BCUT2D eigenvalue weighted by molar-refractivity contribution is -0.152. The Kier molecular flexibility index (Phi) is 1.67. The maximum Gasteiger partial charge on any atom is 0.219 e. The van der Waals surface area contributed by atoms with Crippen LogP contribution in [0.25, 0.3) is 0 Å². The molecule has 1 saturated carbocycles. The minimum atomic E-state index is -1.48. The molecule has 12 heavy (non-hydrogen) atoms. The maximum absolute atomic E-state index is 13.6. The summed E-state index contributed by atoms with van der Waals surface area (Å²) in [5, 5.41) is 0. The number of ether oxygens (including phenoxy) is 1. The molecule has 2 rings (SSSR count). The minimum Gasteiger partial charge on any atom is -0.345 e. The normalized spacial score (nSPS) is 56.2. The second kappa shape index (κ2) is 2.24. The van der Waals surface area contributed by atoms with Crippen molar-refractivity contribution in [1.82, 2.24) is 0 Å². The molecule has 1 aliphatic carbocycles. The fourth-order valence-electron chi connectivity index (χ4n) is 2.34. The Balaban J connectivity index is 2.19. The summed E-state index contributed by atoms with van der Waals surface area (Å²) in [5.74, 6) is -0.485. The van der Waals surface area contributed by atoms with Gasteiger partial charge in [-0.3, -0.25) is 0 Å². The van der Waals surface area contributed by atoms with Crippen molar-refractivity contribution in [2.75, 3.05) is 6.61 Å². The Bertz CT molecular complexity index is 215. The van der Waals surface area contributed by atoms with Crippen molar-refractivity contribution in [3.63, 3.8) is 0 Å². The minimum absolute atomic E-state index is 0.140. The highest BCUT2D eigenvalue weighted by Gasteiger charge is 2.67. The number of fused-ring (bicyclic) bond motifs is 1. The zero-order valence-electron chi connectivity index (χ0n) is 7.60. The Morgan fingerprint density at radius 1 is 1.42 bits per heavy atom. The van der Waals surface area contributed by atoms with Crippen LogP contribution in [0.4, 0.5) is 4.39 Å². The van der Waals surface area contributed by atoms with Crippen LogP contribution in [0.2, 0.25) is 0 Å². The van der Waals surface area contributed by atoms with Crippen molar-refractivity contribution >= 4 is 15.9 Å². The zero-order chi connectivity index (χ0) is 9.15. The molecule has 0 amide bonds. The number of alkyl halides is 2. The van der Waals surface area contributed by atoms with Gasteiger partial charge in [0.1, 0.15) is 0 Å². The molecule has 2 aliphatic rings. The summed E-state index contributed by atoms with van der Waals surface area (Å²) in [6.45, 7) is 6.45. The Labute approximate surface area is 80.8 Å². The van der Waals surface area contributed by atoms with Crippen LogP contribution >= 0.6 is 15.9 Å². The van der Waals surface area contributed by atoms with Crippen LogP contribution in [0.1, 0.15) is 20.8 Å². The van der Waals surface area contributed by atoms with E-state index in [1.165, 1.54) is 6.92 Å². The Morgan fingerprint density at radius 3 is 2.50 bits per heavy atom. The van der Waals surface area contributed by atoms with Gasteiger partial charge >= 0.3 is 0 Å². The van der Waals surface area contributed by atoms with E-state index >= 15 is 0 Å². The third-order valence-electron chi connectivity index (χ3n) is 3.49. The predicted octanol–water partition coefficient (Wildman–Crippen LogP) is 2.74. The van der Waals surface area contributed by atoms with E-state index in [4.69, 9.17) is 4.74 Å². The summed E-state index contributed by atoms with van der Waals surface area (Å²) in [7, 11) is 0. The summed E-state index contributed by atoms with van der Waals surface area (Å²) >= 11 is 3.39. The zero-order valence-corrected chi connectivity index (χ0v) is 9.19. The summed E-state index contributed by atoms with van der Waals surface area (Å²) < 4.78 is 18.8. The van der Waals surface area contributed by atoms with Gasteiger partial charge in [0.25, 0.3) is 0 Å². The second-order valence-electron chi connectivity index (χ2n) is 4.65. The van der Waals surface area contributed by atoms with E-state index < -0.39 is 5.85 Å². The van der Waals surface area contributed by atoms with Crippen LogP contribution < -0.4 is 0 Å². The highest BCUT2D eigenvalue weighted by molar-refractivity contribution is 9.09. The molecular weight excluding hydrogens is 223 g/mol. The molecule has 0 aromatic heterocycles. The van der Waals surface area contributed by atoms with Crippen molar-refractivity contribution in [2.45, 2.75) is 31.5 Å². The number of hydrogen-bond acceptors (Lipinski definition) is 1. The lowest BCUT2D eigenvalue weighted by Crippen LogP contribution is -2.39. The van der Waals surface area contributed by atoms with Crippen molar-refractivity contribution < 1.29 is 9.13 Å². The van der Waals surface area contributed by atoms with Gasteiger partial charge in [-0.25, -0.2) is 4.39 Å². The summed E-state index contributed by atoms with van der Waals surface area (Å²) in [6.07, 6.45) is 0. The monoisotopic (exact) mass is 236 g/mol. The molecule has 0 bridgehead atoms. The van der Waals surface area contributed by atoms with Crippen LogP contribution in [0.3, 0.4) is 0 Å². The van der Waals surface area contributed by atoms with Crippen molar-refractivity contribution in [3.8, 4) is 0 Å². The van der Waals surface area contributed by atoms with Gasteiger partial charge in [0.2, 0.25) is 5.85 Å². The van der Waals surface area contributed by atoms with Crippen molar-refractivity contribution in [2.24, 2.45) is 17.3 Å². The van der Waals surface area contributed by atoms with E-state index in [2.05, 4.69) is 29.8 Å². The second-order valence-corrected chi connectivity index (χ2v) is 5.64. The quantitative estimate of drug-likeness (QED) is 0.588. The molecule has 0 N–H and O–H groups in total. The van der Waals surface area contributed by atoms with Crippen LogP contribution in [0, 0.1) is 17.3 Å². The molecule has 0 aromatic carbocycles. The van der Waals surface area contributed by atoms with Crippen LogP contribution in [-0.2, 0) is 4.74 Å². The van der Waals surface area contributed by atoms with E-state index in [1.54, 1.807) is 0 Å². The van der Waals surface area contributed by atoms with Crippen molar-refractivity contribution in [1.29, 1.82) is 0 Å². The molecule has 0 unspecified atom stereocenters. The van der Waals surface area contributed by atoms with Gasteiger partial charge in [0.05, 0.1) is 11.4 Å². The van der Waals surface area contributed by atoms with Gasteiger partial charge in [0.15, 0.2) is 0 Å². The number of hydrogen-bond donors (Lipinski definition) is 0. The predicted molar refractivity (Wildman–Crippen MR) is 48.9 cm³/mol. The van der Waals surface area contributed by atoms with Gasteiger partial charge in [-0.1, -0.05) is 29.8 Å². The third-order valence-corrected chi connectivity index (χ3v) is 4.88. The Hall–Kier alpha value is 0.370. The van der Waals surface area contributed by atoms with E-state index in [0.717, 1.165) is 0 Å². The lowest BCUT2D eigenvalue weighted by Gasteiger charge is -2.30. The molecule has 1 saturated heterocycles. The largest absolute Gasteiger partial charge is 0.345 e. The summed E-state index contributed by atoms with van der Waals surface area (Å²) in [4.78, 5) is -0.140. The molecule has 1 aliphatic heterocycles. The number of rotatable bonds is 0. The highest BCUT2D eigenvalue weighted by Crippen LogP contribution is 2.66. The van der Waals surface area contributed by atoms with Gasteiger partial charge in [-0.2, -0.15) is 0 Å². The molecule has 4 atom stereocenters. The maximum atomic E-state index is 13.6. The van der Waals surface area contributed by atoms with E-state index in [-0.39, 0.29) is 10.2 Å². The highest BCUT2D eigenvalue weighted by atomic mass is 79.9. The summed E-state index contributed by atoms with van der Waals surface area (Å²) in [6, 6.07) is 0. The first-order valence-corrected chi connectivity index (χ1v) is 5.26. The molecule has 1 nitrogen and oxygen atoms in total. The van der Waals surface area contributed by atoms with Gasteiger partial charge in [-0.15, -0.1) is 0 Å². The number of halogens is 2. The SMILES string of the molecule is CC1(C)[C@@H]2[C@H]1CO[C@@](C)(F)[C@@H]2Br. The molecule has 0 aromatic rings. The van der Waals surface area contributed by atoms with Crippen LogP contribution in [-0.4, -0.2) is 17.3 Å². The standard InChI is InChI=1S/C9H14BrFO/c1-8(2)5-4-12-9(3,11)7(10)6(5)8/h5-7H,4H2,1-3H3/t5-,6-,7-,9-/m1/s1. The van der Waals surface area contributed by atoms with E-state index in [0.29, 0.717) is 18.4 Å². The van der Waals surface area contributed by atoms with Gasteiger partial charge in [0, 0.05) is 0 Å². The fraction of sp³-hybridized carbons (Fsp3) is 1.00. The van der Waals surface area contributed by atoms with Crippen LogP contribution in [0.15, 0.2) is 0 Å². The van der Waals surface area contributed by atoms with Crippen LogP contribution in [0.5, 0.6) is 0 Å². The first kappa shape index (κ1) is 8.95. The van der Waals surface area contributed by atoms with Gasteiger partial charge in [-0.05, 0) is 24.2 Å². The van der Waals surface area contributed by atoms with E-state index in [9.17, 15) is 4.39 Å². The fourth-order valence-corrected chi connectivity index (χ4v) is 3.52. The molecule has 0 spiro atoms. The molecule has 70 valence electrons. The van der Waals surface area contributed by atoms with Crippen molar-refractivity contribution in [3.05, 3.63) is 0 Å². The van der Waals surface area contributed by atoms with E-state index in [1.807, 2.05) is 0 Å². The first-order chi connectivity index (χ1) is 5.37. The average molecular weight is 237 g/mol. The average Bonchev–Trinajstić information content (AvgIpc) is 2.46. The molecule has 2 fully saturated rings. The lowest BCUT2D eigenvalue weighted by atomic mass is 10.0. The molecule has 1 heterocycles. The topological polar surface area (TPSA) is 9.23 Å². The summed E-state index contributed by atoms with van der Waals surface area (Å²) in [5.41, 5.74) is 0.262. The third kappa shape index (κ3) is 0.987.